The van der Waals surface area contributed by atoms with Crippen molar-refractivity contribution in [2.24, 2.45) is 5.73 Å². The third-order valence-corrected chi connectivity index (χ3v) is 2.61. The van der Waals surface area contributed by atoms with Crippen LogP contribution in [0, 0.1) is 11.8 Å². The Morgan fingerprint density at radius 2 is 1.75 bits per heavy atom. The van der Waals surface area contributed by atoms with Gasteiger partial charge in [0.1, 0.15) is 5.75 Å². The van der Waals surface area contributed by atoms with Crippen molar-refractivity contribution in [3.63, 3.8) is 0 Å². The lowest BCUT2D eigenvalue weighted by Gasteiger charge is -2.05. The Morgan fingerprint density at radius 1 is 1.10 bits per heavy atom. The minimum atomic E-state index is -0.231. The van der Waals surface area contributed by atoms with Gasteiger partial charge in [0.15, 0.2) is 0 Å². The lowest BCUT2D eigenvalue weighted by molar-refractivity contribution is 0.102. The van der Waals surface area contributed by atoms with Crippen LogP contribution in [0.1, 0.15) is 15.9 Å². The van der Waals surface area contributed by atoms with Crippen LogP contribution in [0.15, 0.2) is 48.5 Å². The molecule has 0 saturated heterocycles. The van der Waals surface area contributed by atoms with Crippen molar-refractivity contribution in [3.05, 3.63) is 59.7 Å². The maximum atomic E-state index is 11.9. The first kappa shape index (κ1) is 13.7. The number of carbonyl (C=O) groups is 1. The van der Waals surface area contributed by atoms with Gasteiger partial charge in [-0.15, -0.1) is 0 Å². The zero-order valence-electron chi connectivity index (χ0n) is 10.8. The summed E-state index contributed by atoms with van der Waals surface area (Å²) >= 11 is 0. The van der Waals surface area contributed by atoms with Crippen molar-refractivity contribution in [2.75, 3.05) is 11.9 Å². The molecule has 4 heteroatoms. The molecule has 2 aromatic rings. The number of hydrogen-bond donors (Lipinski definition) is 3. The van der Waals surface area contributed by atoms with E-state index in [9.17, 15) is 9.90 Å². The lowest BCUT2D eigenvalue weighted by Crippen LogP contribution is -2.11. The second-order valence-electron chi connectivity index (χ2n) is 4.08. The Balaban J connectivity index is 2.06. The van der Waals surface area contributed by atoms with Crippen LogP contribution in [-0.2, 0) is 0 Å². The first-order valence-corrected chi connectivity index (χ1v) is 6.08. The first-order valence-electron chi connectivity index (χ1n) is 6.08. The van der Waals surface area contributed by atoms with Crippen molar-refractivity contribution in [2.45, 2.75) is 0 Å². The smallest absolute Gasteiger partial charge is 0.255 e. The van der Waals surface area contributed by atoms with Gasteiger partial charge in [-0.3, -0.25) is 4.79 Å². The number of phenolic OH excluding ortho intramolecular Hbond substituents is 1. The summed E-state index contributed by atoms with van der Waals surface area (Å²) in [4.78, 5) is 11.9. The number of aromatic hydroxyl groups is 1. The van der Waals surface area contributed by atoms with Crippen LogP contribution in [0.2, 0.25) is 0 Å². The minimum absolute atomic E-state index is 0.129. The molecule has 0 unspecified atom stereocenters. The molecule has 0 heterocycles. The van der Waals surface area contributed by atoms with E-state index in [2.05, 4.69) is 17.2 Å². The largest absolute Gasteiger partial charge is 0.508 e. The highest BCUT2D eigenvalue weighted by Crippen LogP contribution is 2.13. The highest BCUT2D eigenvalue weighted by atomic mass is 16.3. The quantitative estimate of drug-likeness (QED) is 0.727. The molecule has 2 rings (SSSR count). The molecule has 0 fully saturated rings. The van der Waals surface area contributed by atoms with E-state index in [-0.39, 0.29) is 11.7 Å². The van der Waals surface area contributed by atoms with E-state index in [4.69, 9.17) is 5.73 Å². The molecule has 4 nitrogen and oxygen atoms in total. The van der Waals surface area contributed by atoms with E-state index in [1.807, 2.05) is 12.1 Å². The van der Waals surface area contributed by atoms with E-state index < -0.39 is 0 Å². The SMILES string of the molecule is NCC#Cc1ccc(NC(=O)c2ccc(O)cc2)cc1. The average Bonchev–Trinajstić information content (AvgIpc) is 2.47. The number of anilines is 1. The van der Waals surface area contributed by atoms with Crippen molar-refractivity contribution in [3.8, 4) is 17.6 Å². The molecular formula is C16H14N2O2. The molecule has 0 spiro atoms. The third kappa shape index (κ3) is 3.61. The number of amides is 1. The van der Waals surface area contributed by atoms with Crippen LogP contribution >= 0.6 is 0 Å². The second-order valence-corrected chi connectivity index (χ2v) is 4.08. The zero-order chi connectivity index (χ0) is 14.4. The van der Waals surface area contributed by atoms with E-state index in [1.54, 1.807) is 24.3 Å². The van der Waals surface area contributed by atoms with E-state index >= 15 is 0 Å². The molecule has 0 radical (unpaired) electrons. The zero-order valence-corrected chi connectivity index (χ0v) is 10.8. The Morgan fingerprint density at radius 3 is 2.35 bits per heavy atom. The van der Waals surface area contributed by atoms with Crippen molar-refractivity contribution in [1.29, 1.82) is 0 Å². The molecule has 0 bridgehead atoms. The van der Waals surface area contributed by atoms with Gasteiger partial charge in [-0.25, -0.2) is 0 Å². The van der Waals surface area contributed by atoms with Gasteiger partial charge in [-0.05, 0) is 48.5 Å². The molecule has 4 N–H and O–H groups in total. The van der Waals surface area contributed by atoms with Gasteiger partial charge in [-0.2, -0.15) is 0 Å². The fourth-order valence-electron chi connectivity index (χ4n) is 1.61. The predicted molar refractivity (Wildman–Crippen MR) is 78.4 cm³/mol. The molecule has 2 aromatic carbocycles. The monoisotopic (exact) mass is 266 g/mol. The number of carbonyl (C=O) groups excluding carboxylic acids is 1. The Hall–Kier alpha value is -2.77. The highest BCUT2D eigenvalue weighted by Gasteiger charge is 2.05. The summed E-state index contributed by atoms with van der Waals surface area (Å²) in [5.41, 5.74) is 7.31. The van der Waals surface area contributed by atoms with Gasteiger partial charge >= 0.3 is 0 Å². The fraction of sp³-hybridized carbons (Fsp3) is 0.0625. The molecule has 0 aliphatic carbocycles. The standard InChI is InChI=1S/C16H14N2O2/c17-11-1-2-12-3-7-14(8-4-12)18-16(20)13-5-9-15(19)10-6-13/h3-10,19H,11,17H2,(H,18,20). The molecule has 0 saturated carbocycles. The van der Waals surface area contributed by atoms with Crippen molar-refractivity contribution in [1.82, 2.24) is 0 Å². The van der Waals surface area contributed by atoms with Gasteiger partial charge in [-0.1, -0.05) is 11.8 Å². The molecule has 20 heavy (non-hydrogen) atoms. The third-order valence-electron chi connectivity index (χ3n) is 2.61. The normalized spacial score (nSPS) is 9.45. The topological polar surface area (TPSA) is 75.3 Å². The van der Waals surface area contributed by atoms with Gasteiger partial charge in [0.2, 0.25) is 0 Å². The Bertz CT molecular complexity index is 650. The van der Waals surface area contributed by atoms with Crippen LogP contribution in [-0.4, -0.2) is 17.6 Å². The van der Waals surface area contributed by atoms with Crippen LogP contribution in [0.4, 0.5) is 5.69 Å². The number of hydrogen-bond acceptors (Lipinski definition) is 3. The van der Waals surface area contributed by atoms with Crippen LogP contribution in [0.25, 0.3) is 0 Å². The average molecular weight is 266 g/mol. The van der Waals surface area contributed by atoms with Crippen LogP contribution in [0.3, 0.4) is 0 Å². The maximum Gasteiger partial charge on any atom is 0.255 e. The molecule has 0 aliphatic rings. The molecule has 1 amide bonds. The number of nitrogens with one attached hydrogen (secondary N) is 1. The van der Waals surface area contributed by atoms with E-state index in [1.165, 1.54) is 12.1 Å². The molecule has 100 valence electrons. The summed E-state index contributed by atoms with van der Waals surface area (Å²) in [6.45, 7) is 0.319. The first-order chi connectivity index (χ1) is 9.69. The number of benzene rings is 2. The number of rotatable bonds is 2. The lowest BCUT2D eigenvalue weighted by atomic mass is 10.2. The maximum absolute atomic E-state index is 11.9. The van der Waals surface area contributed by atoms with Gasteiger partial charge < -0.3 is 16.2 Å². The highest BCUT2D eigenvalue weighted by molar-refractivity contribution is 6.04. The van der Waals surface area contributed by atoms with Crippen molar-refractivity contribution < 1.29 is 9.90 Å². The predicted octanol–water partition coefficient (Wildman–Crippen LogP) is 1.95. The van der Waals surface area contributed by atoms with E-state index in [0.717, 1.165) is 5.56 Å². The van der Waals surface area contributed by atoms with Gasteiger partial charge in [0, 0.05) is 16.8 Å². The Labute approximate surface area is 117 Å². The van der Waals surface area contributed by atoms with E-state index in [0.29, 0.717) is 17.8 Å². The van der Waals surface area contributed by atoms with Crippen LogP contribution < -0.4 is 11.1 Å². The number of nitrogens with two attached hydrogens (primary N) is 1. The minimum Gasteiger partial charge on any atom is -0.508 e. The molecule has 0 aromatic heterocycles. The van der Waals surface area contributed by atoms with Crippen LogP contribution in [0.5, 0.6) is 5.75 Å². The summed E-state index contributed by atoms with van der Waals surface area (Å²) in [6, 6.07) is 13.3. The van der Waals surface area contributed by atoms with Crippen molar-refractivity contribution >= 4 is 11.6 Å². The molecule has 0 atom stereocenters. The molecule has 0 aliphatic heterocycles. The summed E-state index contributed by atoms with van der Waals surface area (Å²) in [7, 11) is 0. The summed E-state index contributed by atoms with van der Waals surface area (Å²) < 4.78 is 0. The molecular weight excluding hydrogens is 252 g/mol. The van der Waals surface area contributed by atoms with Gasteiger partial charge in [0.25, 0.3) is 5.91 Å². The summed E-state index contributed by atoms with van der Waals surface area (Å²) in [5, 5.41) is 11.9. The van der Waals surface area contributed by atoms with Gasteiger partial charge in [0.05, 0.1) is 6.54 Å². The summed E-state index contributed by atoms with van der Waals surface area (Å²) in [5.74, 6) is 5.57. The Kier molecular flexibility index (Phi) is 4.38. The second kappa shape index (κ2) is 6.41. The number of phenols is 1. The summed E-state index contributed by atoms with van der Waals surface area (Å²) in [6.07, 6.45) is 0. The fourth-order valence-corrected chi connectivity index (χ4v) is 1.61.